The van der Waals surface area contributed by atoms with Crippen LogP contribution in [0.4, 0.5) is 5.69 Å². The summed E-state index contributed by atoms with van der Waals surface area (Å²) in [6.45, 7) is 4.32. The molecule has 0 spiro atoms. The second-order valence-corrected chi connectivity index (χ2v) is 3.69. The van der Waals surface area contributed by atoms with Crippen LogP contribution in [0.3, 0.4) is 0 Å². The Labute approximate surface area is 78.6 Å². The van der Waals surface area contributed by atoms with Gasteiger partial charge in [0.05, 0.1) is 0 Å². The molecule has 0 fully saturated rings. The van der Waals surface area contributed by atoms with Crippen molar-refractivity contribution >= 4 is 5.69 Å². The fourth-order valence-electron chi connectivity index (χ4n) is 2.22. The molecule has 1 aromatic carbocycles. The van der Waals surface area contributed by atoms with Crippen molar-refractivity contribution < 1.29 is 5.11 Å². The standard InChI is InChI=1S/C11H15NO/c1-3-8-7(2)12-9-5-4-6-10(13)11(8)9/h4-8,12-13H,3H2,1-2H3. The molecule has 0 saturated heterocycles. The maximum Gasteiger partial charge on any atom is 0.121 e. The van der Waals surface area contributed by atoms with Crippen molar-refractivity contribution in [1.29, 1.82) is 0 Å². The monoisotopic (exact) mass is 177 g/mol. The first-order valence-corrected chi connectivity index (χ1v) is 4.82. The van der Waals surface area contributed by atoms with Crippen LogP contribution in [-0.2, 0) is 0 Å². The highest BCUT2D eigenvalue weighted by atomic mass is 16.3. The van der Waals surface area contributed by atoms with Crippen molar-refractivity contribution in [1.82, 2.24) is 0 Å². The highest BCUT2D eigenvalue weighted by Crippen LogP contribution is 2.42. The molecular weight excluding hydrogens is 162 g/mol. The van der Waals surface area contributed by atoms with Crippen molar-refractivity contribution in [3.8, 4) is 5.75 Å². The molecule has 2 N–H and O–H groups in total. The van der Waals surface area contributed by atoms with Crippen LogP contribution in [0.25, 0.3) is 0 Å². The van der Waals surface area contributed by atoms with Gasteiger partial charge in [-0.1, -0.05) is 13.0 Å². The van der Waals surface area contributed by atoms with Crippen LogP contribution < -0.4 is 5.32 Å². The first-order chi connectivity index (χ1) is 6.24. The van der Waals surface area contributed by atoms with Crippen LogP contribution in [0.1, 0.15) is 31.7 Å². The number of anilines is 1. The van der Waals surface area contributed by atoms with Crippen molar-refractivity contribution in [3.05, 3.63) is 23.8 Å². The summed E-state index contributed by atoms with van der Waals surface area (Å²) in [4.78, 5) is 0. The molecule has 1 heterocycles. The number of fused-ring (bicyclic) bond motifs is 1. The van der Waals surface area contributed by atoms with E-state index in [1.54, 1.807) is 6.07 Å². The molecule has 2 heteroatoms. The Bertz CT molecular complexity index is 322. The maximum atomic E-state index is 9.71. The Hall–Kier alpha value is -1.18. The first kappa shape index (κ1) is 8.42. The third-order valence-corrected chi connectivity index (χ3v) is 2.88. The average molecular weight is 177 g/mol. The zero-order valence-corrected chi connectivity index (χ0v) is 8.04. The Balaban J connectivity index is 2.49. The van der Waals surface area contributed by atoms with E-state index in [4.69, 9.17) is 0 Å². The van der Waals surface area contributed by atoms with E-state index in [9.17, 15) is 5.11 Å². The van der Waals surface area contributed by atoms with E-state index in [0.29, 0.717) is 17.7 Å². The van der Waals surface area contributed by atoms with Gasteiger partial charge in [-0.05, 0) is 25.5 Å². The van der Waals surface area contributed by atoms with Crippen LogP contribution in [0.5, 0.6) is 5.75 Å². The summed E-state index contributed by atoms with van der Waals surface area (Å²) >= 11 is 0. The second kappa shape index (κ2) is 2.95. The molecule has 2 unspecified atom stereocenters. The molecule has 0 aliphatic carbocycles. The molecule has 13 heavy (non-hydrogen) atoms. The fraction of sp³-hybridized carbons (Fsp3) is 0.455. The van der Waals surface area contributed by atoms with E-state index in [0.717, 1.165) is 17.7 Å². The van der Waals surface area contributed by atoms with E-state index in [-0.39, 0.29) is 0 Å². The van der Waals surface area contributed by atoms with E-state index in [1.165, 1.54) is 0 Å². The number of aromatic hydroxyl groups is 1. The lowest BCUT2D eigenvalue weighted by Crippen LogP contribution is -2.14. The molecule has 1 aromatic rings. The largest absolute Gasteiger partial charge is 0.508 e. The van der Waals surface area contributed by atoms with Gasteiger partial charge in [0.15, 0.2) is 0 Å². The molecule has 0 amide bonds. The topological polar surface area (TPSA) is 32.3 Å². The minimum absolute atomic E-state index is 0.432. The number of benzene rings is 1. The minimum Gasteiger partial charge on any atom is -0.508 e. The Morgan fingerprint density at radius 1 is 1.46 bits per heavy atom. The van der Waals surface area contributed by atoms with Crippen LogP contribution >= 0.6 is 0 Å². The number of hydrogen-bond acceptors (Lipinski definition) is 2. The molecule has 1 aliphatic rings. The molecule has 1 aliphatic heterocycles. The SMILES string of the molecule is CCC1c2c(O)cccc2NC1C. The Morgan fingerprint density at radius 2 is 2.23 bits per heavy atom. The van der Waals surface area contributed by atoms with Gasteiger partial charge in [-0.25, -0.2) is 0 Å². The number of rotatable bonds is 1. The van der Waals surface area contributed by atoms with E-state index in [1.807, 2.05) is 12.1 Å². The lowest BCUT2D eigenvalue weighted by atomic mass is 9.93. The summed E-state index contributed by atoms with van der Waals surface area (Å²) in [5.41, 5.74) is 2.19. The molecule has 2 atom stereocenters. The van der Waals surface area contributed by atoms with Gasteiger partial charge in [0.1, 0.15) is 5.75 Å². The van der Waals surface area contributed by atoms with Gasteiger partial charge in [0.2, 0.25) is 0 Å². The summed E-state index contributed by atoms with van der Waals surface area (Å²) in [6, 6.07) is 6.11. The maximum absolute atomic E-state index is 9.71. The van der Waals surface area contributed by atoms with Gasteiger partial charge < -0.3 is 10.4 Å². The third kappa shape index (κ3) is 1.17. The van der Waals surface area contributed by atoms with E-state index >= 15 is 0 Å². The number of phenolic OH excluding ortho intramolecular Hbond substituents is 1. The Morgan fingerprint density at radius 3 is 2.92 bits per heavy atom. The fourth-order valence-corrected chi connectivity index (χ4v) is 2.22. The second-order valence-electron chi connectivity index (χ2n) is 3.69. The number of phenols is 1. The van der Waals surface area contributed by atoms with Crippen molar-refractivity contribution in [2.45, 2.75) is 32.2 Å². The quantitative estimate of drug-likeness (QED) is 0.691. The lowest BCUT2D eigenvalue weighted by molar-refractivity contribution is 0.459. The molecule has 0 aromatic heterocycles. The molecule has 70 valence electrons. The molecule has 0 saturated carbocycles. The molecule has 2 rings (SSSR count). The molecule has 0 radical (unpaired) electrons. The van der Waals surface area contributed by atoms with Gasteiger partial charge >= 0.3 is 0 Å². The summed E-state index contributed by atoms with van der Waals surface area (Å²) < 4.78 is 0. The summed E-state index contributed by atoms with van der Waals surface area (Å²) in [7, 11) is 0. The first-order valence-electron chi connectivity index (χ1n) is 4.82. The zero-order valence-electron chi connectivity index (χ0n) is 8.04. The van der Waals surface area contributed by atoms with Crippen LogP contribution in [0, 0.1) is 0 Å². The zero-order chi connectivity index (χ0) is 9.42. The van der Waals surface area contributed by atoms with Crippen LogP contribution in [0.15, 0.2) is 18.2 Å². The van der Waals surface area contributed by atoms with Crippen molar-refractivity contribution in [2.75, 3.05) is 5.32 Å². The van der Waals surface area contributed by atoms with E-state index in [2.05, 4.69) is 19.2 Å². The molecule has 0 bridgehead atoms. The van der Waals surface area contributed by atoms with Gasteiger partial charge in [-0.2, -0.15) is 0 Å². The number of nitrogens with one attached hydrogen (secondary N) is 1. The molecular formula is C11H15NO. The summed E-state index contributed by atoms with van der Waals surface area (Å²) in [6.07, 6.45) is 1.07. The average Bonchev–Trinajstić information content (AvgIpc) is 2.42. The summed E-state index contributed by atoms with van der Waals surface area (Å²) in [5.74, 6) is 0.886. The highest BCUT2D eigenvalue weighted by Gasteiger charge is 2.29. The normalized spacial score (nSPS) is 25.4. The minimum atomic E-state index is 0.432. The molecule has 2 nitrogen and oxygen atoms in total. The van der Waals surface area contributed by atoms with Crippen LogP contribution in [-0.4, -0.2) is 11.1 Å². The van der Waals surface area contributed by atoms with Gasteiger partial charge in [-0.15, -0.1) is 0 Å². The van der Waals surface area contributed by atoms with Crippen molar-refractivity contribution in [2.24, 2.45) is 0 Å². The van der Waals surface area contributed by atoms with Gasteiger partial charge in [0.25, 0.3) is 0 Å². The highest BCUT2D eigenvalue weighted by molar-refractivity contribution is 5.64. The predicted molar refractivity (Wildman–Crippen MR) is 54.2 cm³/mol. The Kier molecular flexibility index (Phi) is 1.91. The van der Waals surface area contributed by atoms with Crippen molar-refractivity contribution in [3.63, 3.8) is 0 Å². The van der Waals surface area contributed by atoms with E-state index < -0.39 is 0 Å². The lowest BCUT2D eigenvalue weighted by Gasteiger charge is -2.13. The van der Waals surface area contributed by atoms with Crippen LogP contribution in [0.2, 0.25) is 0 Å². The third-order valence-electron chi connectivity index (χ3n) is 2.88. The predicted octanol–water partition coefficient (Wildman–Crippen LogP) is 2.70. The van der Waals surface area contributed by atoms with Gasteiger partial charge in [-0.3, -0.25) is 0 Å². The summed E-state index contributed by atoms with van der Waals surface area (Å²) in [5, 5.41) is 13.1. The smallest absolute Gasteiger partial charge is 0.121 e. The number of hydrogen-bond donors (Lipinski definition) is 2. The van der Waals surface area contributed by atoms with Gasteiger partial charge in [0, 0.05) is 23.2 Å².